The SMILES string of the molecule is O=C(Cc1ccccc1[N+](=O)[O-])N/N=C/c1ccc(OCc2cccc([N+](=O)[O-])c2)cc1. The third-order valence-corrected chi connectivity index (χ3v) is 4.35. The Morgan fingerprint density at radius 2 is 1.72 bits per heavy atom. The number of hydrogen-bond acceptors (Lipinski definition) is 7. The van der Waals surface area contributed by atoms with E-state index >= 15 is 0 Å². The van der Waals surface area contributed by atoms with Gasteiger partial charge in [-0.2, -0.15) is 5.10 Å². The van der Waals surface area contributed by atoms with Crippen LogP contribution in [0.25, 0.3) is 0 Å². The first-order chi connectivity index (χ1) is 15.4. The molecule has 3 aromatic carbocycles. The van der Waals surface area contributed by atoms with Crippen molar-refractivity contribution >= 4 is 23.5 Å². The van der Waals surface area contributed by atoms with Gasteiger partial charge >= 0.3 is 0 Å². The molecule has 0 radical (unpaired) electrons. The second kappa shape index (κ2) is 10.4. The van der Waals surface area contributed by atoms with Crippen LogP contribution in [0.4, 0.5) is 11.4 Å². The molecule has 1 amide bonds. The molecule has 0 fully saturated rings. The summed E-state index contributed by atoms with van der Waals surface area (Å²) in [5, 5.41) is 25.7. The summed E-state index contributed by atoms with van der Waals surface area (Å²) in [5.41, 5.74) is 3.89. The summed E-state index contributed by atoms with van der Waals surface area (Å²) in [6, 6.07) is 19.1. The van der Waals surface area contributed by atoms with Crippen molar-refractivity contribution in [3.05, 3.63) is 110 Å². The van der Waals surface area contributed by atoms with Crippen molar-refractivity contribution in [3.63, 3.8) is 0 Å². The second-order valence-electron chi connectivity index (χ2n) is 6.64. The summed E-state index contributed by atoms with van der Waals surface area (Å²) >= 11 is 0. The number of carbonyl (C=O) groups is 1. The maximum Gasteiger partial charge on any atom is 0.273 e. The molecule has 3 aromatic rings. The first kappa shape index (κ1) is 22.1. The third kappa shape index (κ3) is 6.20. The molecule has 10 heteroatoms. The van der Waals surface area contributed by atoms with E-state index in [4.69, 9.17) is 4.74 Å². The molecule has 0 aliphatic carbocycles. The molecule has 0 saturated carbocycles. The average Bonchev–Trinajstić information content (AvgIpc) is 2.79. The number of amides is 1. The summed E-state index contributed by atoms with van der Waals surface area (Å²) in [4.78, 5) is 32.8. The summed E-state index contributed by atoms with van der Waals surface area (Å²) < 4.78 is 5.63. The number of benzene rings is 3. The van der Waals surface area contributed by atoms with Gasteiger partial charge in [-0.3, -0.25) is 25.0 Å². The van der Waals surface area contributed by atoms with Gasteiger partial charge in [-0.05, 0) is 35.4 Å². The first-order valence-corrected chi connectivity index (χ1v) is 9.43. The smallest absolute Gasteiger partial charge is 0.273 e. The van der Waals surface area contributed by atoms with Crippen LogP contribution in [0.1, 0.15) is 16.7 Å². The number of nitro benzene ring substituents is 2. The van der Waals surface area contributed by atoms with Crippen LogP contribution >= 0.6 is 0 Å². The van der Waals surface area contributed by atoms with Crippen molar-refractivity contribution in [2.45, 2.75) is 13.0 Å². The van der Waals surface area contributed by atoms with Gasteiger partial charge < -0.3 is 4.74 Å². The average molecular weight is 434 g/mol. The molecule has 0 saturated heterocycles. The number of ether oxygens (including phenoxy) is 1. The lowest BCUT2D eigenvalue weighted by Crippen LogP contribution is -2.20. The summed E-state index contributed by atoms with van der Waals surface area (Å²) in [7, 11) is 0. The van der Waals surface area contributed by atoms with Crippen LogP contribution in [0.2, 0.25) is 0 Å². The number of hydrogen-bond donors (Lipinski definition) is 1. The predicted octanol–water partition coefficient (Wildman–Crippen LogP) is 3.77. The quantitative estimate of drug-likeness (QED) is 0.309. The molecule has 0 aliphatic heterocycles. The zero-order valence-corrected chi connectivity index (χ0v) is 16.7. The van der Waals surface area contributed by atoms with E-state index in [-0.39, 0.29) is 24.4 Å². The Morgan fingerprint density at radius 3 is 2.44 bits per heavy atom. The van der Waals surface area contributed by atoms with Gasteiger partial charge in [-0.25, -0.2) is 5.43 Å². The van der Waals surface area contributed by atoms with Gasteiger partial charge in [0, 0.05) is 23.8 Å². The van der Waals surface area contributed by atoms with Gasteiger partial charge in [-0.1, -0.05) is 30.3 Å². The number of nitrogens with zero attached hydrogens (tertiary/aromatic N) is 3. The van der Waals surface area contributed by atoms with Gasteiger partial charge in [-0.15, -0.1) is 0 Å². The zero-order chi connectivity index (χ0) is 22.9. The molecule has 10 nitrogen and oxygen atoms in total. The van der Waals surface area contributed by atoms with Gasteiger partial charge in [0.25, 0.3) is 11.4 Å². The van der Waals surface area contributed by atoms with Gasteiger partial charge in [0.15, 0.2) is 0 Å². The van der Waals surface area contributed by atoms with Crippen LogP contribution in [0.3, 0.4) is 0 Å². The minimum Gasteiger partial charge on any atom is -0.489 e. The van der Waals surface area contributed by atoms with Crippen LogP contribution in [0.15, 0.2) is 77.9 Å². The van der Waals surface area contributed by atoms with E-state index in [9.17, 15) is 25.0 Å². The fourth-order valence-corrected chi connectivity index (χ4v) is 2.81. The van der Waals surface area contributed by atoms with Gasteiger partial charge in [0.2, 0.25) is 5.91 Å². The standard InChI is InChI=1S/C22H18N4O6/c27-22(13-18-5-1-2-7-21(18)26(30)31)24-23-14-16-8-10-20(11-9-16)32-15-17-4-3-6-19(12-17)25(28)29/h1-12,14H,13,15H2,(H,24,27)/b23-14+. The van der Waals surface area contributed by atoms with E-state index < -0.39 is 15.8 Å². The highest BCUT2D eigenvalue weighted by atomic mass is 16.6. The van der Waals surface area contributed by atoms with E-state index in [1.165, 1.54) is 36.5 Å². The first-order valence-electron chi connectivity index (χ1n) is 9.43. The van der Waals surface area contributed by atoms with E-state index in [1.807, 2.05) is 0 Å². The van der Waals surface area contributed by atoms with Crippen LogP contribution in [0.5, 0.6) is 5.75 Å². The molecule has 162 valence electrons. The lowest BCUT2D eigenvalue weighted by atomic mass is 10.1. The number of nitrogens with one attached hydrogen (secondary N) is 1. The third-order valence-electron chi connectivity index (χ3n) is 4.35. The highest BCUT2D eigenvalue weighted by molar-refractivity contribution is 5.83. The normalized spacial score (nSPS) is 10.6. The molecule has 0 heterocycles. The van der Waals surface area contributed by atoms with Crippen LogP contribution in [-0.4, -0.2) is 22.0 Å². The Hall–Kier alpha value is -4.60. The van der Waals surface area contributed by atoms with E-state index in [2.05, 4.69) is 10.5 Å². The van der Waals surface area contributed by atoms with Gasteiger partial charge in [0.05, 0.1) is 22.5 Å². The molecule has 0 aromatic heterocycles. The molecule has 0 unspecified atom stereocenters. The summed E-state index contributed by atoms with van der Waals surface area (Å²) in [6.45, 7) is 0.177. The van der Waals surface area contributed by atoms with Crippen molar-refractivity contribution < 1.29 is 19.4 Å². The number of nitro groups is 2. The molecule has 3 rings (SSSR count). The van der Waals surface area contributed by atoms with Crippen LogP contribution in [0, 0.1) is 20.2 Å². The Balaban J connectivity index is 1.51. The predicted molar refractivity (Wildman–Crippen MR) is 116 cm³/mol. The zero-order valence-electron chi connectivity index (χ0n) is 16.7. The Labute approximate surface area is 182 Å². The summed E-state index contributed by atoms with van der Waals surface area (Å²) in [6.07, 6.45) is 1.26. The number of hydrazone groups is 1. The Kier molecular flexibility index (Phi) is 7.20. The van der Waals surface area contributed by atoms with E-state index in [1.54, 1.807) is 42.5 Å². The fourth-order valence-electron chi connectivity index (χ4n) is 2.81. The molecular weight excluding hydrogens is 416 g/mol. The maximum atomic E-state index is 12.0. The van der Waals surface area contributed by atoms with Crippen molar-refractivity contribution in [3.8, 4) is 5.75 Å². The topological polar surface area (TPSA) is 137 Å². The van der Waals surface area contributed by atoms with E-state index in [0.29, 0.717) is 22.4 Å². The minimum absolute atomic E-state index is 0.00146. The van der Waals surface area contributed by atoms with Crippen molar-refractivity contribution in [1.29, 1.82) is 0 Å². The van der Waals surface area contributed by atoms with Crippen molar-refractivity contribution in [1.82, 2.24) is 5.43 Å². The fraction of sp³-hybridized carbons (Fsp3) is 0.0909. The Morgan fingerprint density at radius 1 is 0.969 bits per heavy atom. The lowest BCUT2D eigenvalue weighted by molar-refractivity contribution is -0.385. The monoisotopic (exact) mass is 434 g/mol. The number of carbonyl (C=O) groups excluding carboxylic acids is 1. The molecule has 0 spiro atoms. The summed E-state index contributed by atoms with van der Waals surface area (Å²) in [5.74, 6) is 0.0848. The molecule has 1 N–H and O–H groups in total. The highest BCUT2D eigenvalue weighted by Gasteiger charge is 2.15. The Bertz CT molecular complexity index is 1160. The van der Waals surface area contributed by atoms with E-state index in [0.717, 1.165) is 0 Å². The molecule has 0 atom stereocenters. The molecule has 0 bridgehead atoms. The van der Waals surface area contributed by atoms with Crippen molar-refractivity contribution in [2.24, 2.45) is 5.10 Å². The number of para-hydroxylation sites is 1. The molecule has 32 heavy (non-hydrogen) atoms. The number of non-ortho nitro benzene ring substituents is 1. The molecular formula is C22H18N4O6. The maximum absolute atomic E-state index is 12.0. The van der Waals surface area contributed by atoms with Gasteiger partial charge in [0.1, 0.15) is 12.4 Å². The largest absolute Gasteiger partial charge is 0.489 e. The van der Waals surface area contributed by atoms with Crippen molar-refractivity contribution in [2.75, 3.05) is 0 Å². The second-order valence-corrected chi connectivity index (χ2v) is 6.64. The lowest BCUT2D eigenvalue weighted by Gasteiger charge is -2.06. The van der Waals surface area contributed by atoms with Crippen LogP contribution in [-0.2, 0) is 17.8 Å². The number of rotatable bonds is 9. The van der Waals surface area contributed by atoms with Crippen LogP contribution < -0.4 is 10.2 Å². The minimum atomic E-state index is -0.533. The molecule has 0 aliphatic rings. The highest BCUT2D eigenvalue weighted by Crippen LogP contribution is 2.18.